The molecule has 0 spiro atoms. The third-order valence-corrected chi connectivity index (χ3v) is 6.81. The van der Waals surface area contributed by atoms with Crippen molar-refractivity contribution in [2.24, 2.45) is 0 Å². The number of benzene rings is 1. The molecule has 0 aliphatic carbocycles. The fourth-order valence-corrected chi connectivity index (χ4v) is 5.19. The van der Waals surface area contributed by atoms with Crippen molar-refractivity contribution < 1.29 is 17.3 Å². The topological polar surface area (TPSA) is 56.8 Å². The number of rotatable bonds is 5. The summed E-state index contributed by atoms with van der Waals surface area (Å²) in [6, 6.07) is 5.78. The van der Waals surface area contributed by atoms with Crippen LogP contribution in [-0.2, 0) is 7.86 Å². The summed E-state index contributed by atoms with van der Waals surface area (Å²) in [5.74, 6) is 1.27. The third-order valence-electron chi connectivity index (χ3n) is 2.50. The molecule has 1 aromatic rings. The Bertz CT molecular complexity index is 452. The van der Waals surface area contributed by atoms with Crippen molar-refractivity contribution in [1.82, 2.24) is 5.32 Å². The Hall–Kier alpha value is -1.02. The van der Waals surface area contributed by atoms with Gasteiger partial charge in [0.1, 0.15) is 0 Å². The van der Waals surface area contributed by atoms with Gasteiger partial charge >= 0.3 is 120 Å². The molecule has 1 N–H and O–H groups in total. The van der Waals surface area contributed by atoms with Gasteiger partial charge in [0, 0.05) is 0 Å². The molecule has 1 fully saturated rings. The second-order valence-electron chi connectivity index (χ2n) is 3.97. The molecule has 6 heteroatoms. The summed E-state index contributed by atoms with van der Waals surface area (Å²) in [6.45, 7) is 3.01. The van der Waals surface area contributed by atoms with E-state index >= 15 is 0 Å². The normalized spacial score (nSPS) is 16.9. The van der Waals surface area contributed by atoms with Gasteiger partial charge < -0.3 is 0 Å². The third kappa shape index (κ3) is 3.73. The minimum atomic E-state index is -1.92. The Morgan fingerprint density at radius 3 is 2.95 bits per heavy atom. The van der Waals surface area contributed by atoms with Crippen LogP contribution in [0.1, 0.15) is 13.3 Å². The summed E-state index contributed by atoms with van der Waals surface area (Å²) in [6.07, 6.45) is 0.937. The first-order valence-corrected chi connectivity index (χ1v) is 9.61. The van der Waals surface area contributed by atoms with Gasteiger partial charge in [-0.25, -0.2) is 0 Å². The molecule has 0 bridgehead atoms. The van der Waals surface area contributed by atoms with Crippen LogP contribution in [0, 0.1) is 3.57 Å². The molecule has 106 valence electrons. The number of carbonyl (C=O) groups is 1. The molecule has 1 heterocycles. The van der Waals surface area contributed by atoms with Crippen LogP contribution in [0.25, 0.3) is 0 Å². The number of alkyl halides is 1. The first kappa shape index (κ1) is 14.4. The van der Waals surface area contributed by atoms with Crippen LogP contribution in [0.4, 0.5) is 0 Å². The number of methoxy groups -OCH3 is 1. The molecule has 0 radical (unpaired) electrons. The van der Waals surface area contributed by atoms with E-state index in [1.807, 2.05) is 18.2 Å². The number of carbonyl (C=O) groups excluding carboxylic acids is 1. The van der Waals surface area contributed by atoms with Crippen molar-refractivity contribution in [3.63, 3.8) is 0 Å². The van der Waals surface area contributed by atoms with Crippen molar-refractivity contribution >= 4 is 26.2 Å². The molecule has 1 aliphatic rings. The Labute approximate surface area is 120 Å². The first-order valence-electron chi connectivity index (χ1n) is 6.13. The van der Waals surface area contributed by atoms with E-state index in [0.717, 1.165) is 20.3 Å². The van der Waals surface area contributed by atoms with E-state index in [-0.39, 0.29) is 5.97 Å². The Morgan fingerprint density at radius 2 is 2.26 bits per heavy atom. The van der Waals surface area contributed by atoms with Gasteiger partial charge in [0.25, 0.3) is 0 Å². The Kier molecular flexibility index (Phi) is 5.26. The fraction of sp³-hybridized carbons (Fsp3) is 0.462. The average Bonchev–Trinajstić information content (AvgIpc) is 2.44. The zero-order valence-electron chi connectivity index (χ0n) is 11.1. The summed E-state index contributed by atoms with van der Waals surface area (Å²) in [7, 11) is 1.62. The molecular weight excluding hydrogens is 361 g/mol. The molecule has 1 saturated heterocycles. The van der Waals surface area contributed by atoms with Crippen LogP contribution in [0.5, 0.6) is 11.5 Å². The summed E-state index contributed by atoms with van der Waals surface area (Å²) in [5, 5.41) is 3.10. The second-order valence-corrected chi connectivity index (χ2v) is 8.25. The van der Waals surface area contributed by atoms with Crippen molar-refractivity contribution in [2.45, 2.75) is 13.3 Å². The molecular formula is C13H18INO4. The molecule has 0 amide bonds. The number of hydrogen-bond donors (Lipinski definition) is 1. The van der Waals surface area contributed by atoms with E-state index in [1.54, 1.807) is 7.11 Å². The maximum atomic E-state index is 11.3. The zero-order chi connectivity index (χ0) is 13.7. The van der Waals surface area contributed by atoms with Gasteiger partial charge in [-0.3, -0.25) is 0 Å². The summed E-state index contributed by atoms with van der Waals surface area (Å²) in [4.78, 5) is 11.3. The Morgan fingerprint density at radius 1 is 1.42 bits per heavy atom. The maximum absolute atomic E-state index is 11.3. The van der Waals surface area contributed by atoms with E-state index in [1.165, 1.54) is 0 Å². The van der Waals surface area contributed by atoms with Gasteiger partial charge in [-0.1, -0.05) is 0 Å². The van der Waals surface area contributed by atoms with Gasteiger partial charge in [0.2, 0.25) is 0 Å². The van der Waals surface area contributed by atoms with Gasteiger partial charge in [-0.2, -0.15) is 0 Å². The number of halogens is 1. The standard InChI is InChI=1S/C13H18INO4/c1-3-6-18-12-7-10(4-5-11(12)17-2)14-9-15-8-13(16)19-14/h4-5,7,15H,3,6,8-9H2,1-2H3. The zero-order valence-corrected chi connectivity index (χ0v) is 13.2. The summed E-state index contributed by atoms with van der Waals surface area (Å²) >= 11 is -1.92. The van der Waals surface area contributed by atoms with Gasteiger partial charge in [-0.15, -0.1) is 0 Å². The van der Waals surface area contributed by atoms with Crippen molar-refractivity contribution in [3.05, 3.63) is 21.8 Å². The molecule has 0 saturated carbocycles. The van der Waals surface area contributed by atoms with Crippen LogP contribution < -0.4 is 14.8 Å². The summed E-state index contributed by atoms with van der Waals surface area (Å²) < 4.78 is 18.3. The van der Waals surface area contributed by atoms with E-state index in [9.17, 15) is 4.79 Å². The van der Waals surface area contributed by atoms with Crippen LogP contribution in [0.2, 0.25) is 0 Å². The number of nitrogens with one attached hydrogen (secondary N) is 1. The molecule has 0 unspecified atom stereocenters. The van der Waals surface area contributed by atoms with Crippen molar-refractivity contribution in [3.8, 4) is 11.5 Å². The van der Waals surface area contributed by atoms with Crippen molar-refractivity contribution in [1.29, 1.82) is 0 Å². The van der Waals surface area contributed by atoms with E-state index in [0.29, 0.717) is 18.9 Å². The molecule has 2 rings (SSSR count). The van der Waals surface area contributed by atoms with Gasteiger partial charge in [0.05, 0.1) is 0 Å². The predicted octanol–water partition coefficient (Wildman–Crippen LogP) is 2.18. The van der Waals surface area contributed by atoms with Crippen LogP contribution in [0.15, 0.2) is 18.2 Å². The number of ether oxygens (including phenoxy) is 2. The molecule has 19 heavy (non-hydrogen) atoms. The van der Waals surface area contributed by atoms with Crippen molar-refractivity contribution in [2.75, 3.05) is 24.8 Å². The Balaban J connectivity index is 2.18. The number of hydrogen-bond acceptors (Lipinski definition) is 5. The quantitative estimate of drug-likeness (QED) is 0.483. The van der Waals surface area contributed by atoms with Gasteiger partial charge in [-0.05, 0) is 0 Å². The van der Waals surface area contributed by atoms with Crippen LogP contribution in [0.3, 0.4) is 0 Å². The SMILES string of the molecule is CCCOc1cc(I2CNCC(=O)O2)ccc1OC. The molecule has 0 atom stereocenters. The average molecular weight is 379 g/mol. The molecule has 1 aromatic carbocycles. The summed E-state index contributed by atoms with van der Waals surface area (Å²) in [5.41, 5.74) is 0. The van der Waals surface area contributed by atoms with E-state index in [4.69, 9.17) is 12.5 Å². The molecule has 0 aromatic heterocycles. The predicted molar refractivity (Wildman–Crippen MR) is 80.5 cm³/mol. The molecule has 5 nitrogen and oxygen atoms in total. The minimum absolute atomic E-state index is 0.164. The van der Waals surface area contributed by atoms with Gasteiger partial charge in [0.15, 0.2) is 0 Å². The van der Waals surface area contributed by atoms with E-state index < -0.39 is 20.2 Å². The second kappa shape index (κ2) is 6.95. The fourth-order valence-electron chi connectivity index (χ4n) is 1.62. The first-order chi connectivity index (χ1) is 9.24. The van der Waals surface area contributed by atoms with Crippen LogP contribution >= 0.6 is 20.2 Å². The monoisotopic (exact) mass is 379 g/mol. The molecule has 1 aliphatic heterocycles. The van der Waals surface area contributed by atoms with E-state index in [2.05, 4.69) is 12.2 Å². The van der Waals surface area contributed by atoms with Crippen LogP contribution in [-0.4, -0.2) is 30.8 Å².